The molecule has 1 aliphatic carbocycles. The fourth-order valence-corrected chi connectivity index (χ4v) is 3.10. The van der Waals surface area contributed by atoms with Crippen LogP contribution in [0.1, 0.15) is 39.0 Å². The first kappa shape index (κ1) is 16.4. The van der Waals surface area contributed by atoms with Crippen molar-refractivity contribution < 1.29 is 15.0 Å². The Hall–Kier alpha value is -0.650. The van der Waals surface area contributed by atoms with E-state index in [0.29, 0.717) is 6.54 Å². The number of nitrogens with zero attached hydrogens (tertiary/aromatic N) is 1. The summed E-state index contributed by atoms with van der Waals surface area (Å²) in [5, 5.41) is 21.4. The molecule has 0 bridgehead atoms. The number of hydrogen-bond donors (Lipinski definition) is 3. The summed E-state index contributed by atoms with van der Waals surface area (Å²) in [7, 11) is 4.21. The van der Waals surface area contributed by atoms with Crippen LogP contribution in [0.4, 0.5) is 0 Å². The molecule has 1 fully saturated rings. The van der Waals surface area contributed by atoms with Gasteiger partial charge in [0.25, 0.3) is 0 Å². The summed E-state index contributed by atoms with van der Waals surface area (Å²) >= 11 is 0. The number of aliphatic carboxylic acids is 1. The van der Waals surface area contributed by atoms with Gasteiger partial charge in [0, 0.05) is 18.6 Å². The third kappa shape index (κ3) is 5.09. The standard InChI is InChI=1S/C14H28N2O3/c1-11-5-4-6-14(8-11,16(2)3)10-15-9-12(17)7-13(18)19/h11-12,15,17H,4-10H2,1-3H3,(H,18,19). The zero-order valence-electron chi connectivity index (χ0n) is 12.4. The Morgan fingerprint density at radius 1 is 1.53 bits per heavy atom. The number of aliphatic hydroxyl groups is 1. The molecule has 0 aromatic heterocycles. The second kappa shape index (κ2) is 7.22. The Morgan fingerprint density at radius 3 is 2.74 bits per heavy atom. The number of likely N-dealkylation sites (N-methyl/N-ethyl adjacent to an activating group) is 1. The van der Waals surface area contributed by atoms with Crippen LogP contribution >= 0.6 is 0 Å². The number of carbonyl (C=O) groups is 1. The zero-order chi connectivity index (χ0) is 14.5. The summed E-state index contributed by atoms with van der Waals surface area (Å²) in [6, 6.07) is 0. The first-order valence-corrected chi connectivity index (χ1v) is 7.14. The van der Waals surface area contributed by atoms with Gasteiger partial charge in [0.15, 0.2) is 0 Å². The van der Waals surface area contributed by atoms with Crippen molar-refractivity contribution in [1.29, 1.82) is 0 Å². The molecule has 3 atom stereocenters. The molecule has 1 rings (SSSR count). The van der Waals surface area contributed by atoms with Crippen molar-refractivity contribution in [2.24, 2.45) is 5.92 Å². The quantitative estimate of drug-likeness (QED) is 0.643. The van der Waals surface area contributed by atoms with Crippen LogP contribution in [0.5, 0.6) is 0 Å². The van der Waals surface area contributed by atoms with Crippen molar-refractivity contribution in [2.45, 2.75) is 50.7 Å². The van der Waals surface area contributed by atoms with Gasteiger partial charge in [0.1, 0.15) is 0 Å². The van der Waals surface area contributed by atoms with E-state index >= 15 is 0 Å². The molecule has 3 N–H and O–H groups in total. The fourth-order valence-electron chi connectivity index (χ4n) is 3.10. The highest BCUT2D eigenvalue weighted by Crippen LogP contribution is 2.35. The van der Waals surface area contributed by atoms with E-state index in [4.69, 9.17) is 5.11 Å². The molecule has 112 valence electrons. The highest BCUT2D eigenvalue weighted by atomic mass is 16.4. The van der Waals surface area contributed by atoms with Gasteiger partial charge in [-0.2, -0.15) is 0 Å². The molecule has 1 saturated carbocycles. The summed E-state index contributed by atoms with van der Waals surface area (Å²) in [6.45, 7) is 3.44. The predicted molar refractivity (Wildman–Crippen MR) is 75.2 cm³/mol. The van der Waals surface area contributed by atoms with Gasteiger partial charge in [-0.05, 0) is 32.9 Å². The molecular formula is C14H28N2O3. The van der Waals surface area contributed by atoms with Gasteiger partial charge in [-0.1, -0.05) is 19.8 Å². The third-order valence-electron chi connectivity index (χ3n) is 4.26. The van der Waals surface area contributed by atoms with Gasteiger partial charge >= 0.3 is 5.97 Å². The third-order valence-corrected chi connectivity index (χ3v) is 4.26. The summed E-state index contributed by atoms with van der Waals surface area (Å²) in [6.07, 6.45) is 3.83. The first-order chi connectivity index (χ1) is 8.85. The van der Waals surface area contributed by atoms with Crippen molar-refractivity contribution in [3.05, 3.63) is 0 Å². The van der Waals surface area contributed by atoms with Crippen LogP contribution in [-0.2, 0) is 4.79 Å². The molecule has 0 aliphatic heterocycles. The van der Waals surface area contributed by atoms with Gasteiger partial charge in [-0.3, -0.25) is 4.79 Å². The van der Waals surface area contributed by atoms with E-state index < -0.39 is 12.1 Å². The number of nitrogens with one attached hydrogen (secondary N) is 1. The lowest BCUT2D eigenvalue weighted by atomic mass is 9.75. The second-order valence-electron chi connectivity index (χ2n) is 6.20. The molecule has 0 saturated heterocycles. The normalized spacial score (nSPS) is 29.4. The van der Waals surface area contributed by atoms with Crippen LogP contribution in [0, 0.1) is 5.92 Å². The van der Waals surface area contributed by atoms with E-state index in [1.54, 1.807) is 0 Å². The summed E-state index contributed by atoms with van der Waals surface area (Å²) in [5.41, 5.74) is 0.139. The lowest BCUT2D eigenvalue weighted by molar-refractivity contribution is -0.139. The van der Waals surface area contributed by atoms with Crippen LogP contribution in [0.2, 0.25) is 0 Å². The Balaban J connectivity index is 2.44. The molecule has 19 heavy (non-hydrogen) atoms. The lowest BCUT2D eigenvalue weighted by Gasteiger charge is -2.45. The maximum Gasteiger partial charge on any atom is 0.306 e. The molecule has 0 aromatic carbocycles. The minimum atomic E-state index is -0.956. The van der Waals surface area contributed by atoms with E-state index in [0.717, 1.165) is 25.3 Å². The molecule has 1 aliphatic rings. The first-order valence-electron chi connectivity index (χ1n) is 7.14. The Bertz CT molecular complexity index is 296. The predicted octanol–water partition coefficient (Wildman–Crippen LogP) is 0.922. The van der Waals surface area contributed by atoms with Crippen LogP contribution in [0.25, 0.3) is 0 Å². The SMILES string of the molecule is CC1CCCC(CNCC(O)CC(=O)O)(N(C)C)C1. The van der Waals surface area contributed by atoms with Gasteiger partial charge in [-0.25, -0.2) is 0 Å². The van der Waals surface area contributed by atoms with Crippen molar-refractivity contribution in [2.75, 3.05) is 27.2 Å². The van der Waals surface area contributed by atoms with Crippen molar-refractivity contribution >= 4 is 5.97 Å². The molecule has 5 heteroatoms. The summed E-state index contributed by atoms with van der Waals surface area (Å²) in [4.78, 5) is 12.8. The molecular weight excluding hydrogens is 244 g/mol. The molecule has 0 spiro atoms. The van der Waals surface area contributed by atoms with Crippen molar-refractivity contribution in [3.63, 3.8) is 0 Å². The number of aliphatic hydroxyl groups excluding tert-OH is 1. The average molecular weight is 272 g/mol. The second-order valence-corrected chi connectivity index (χ2v) is 6.20. The van der Waals surface area contributed by atoms with Crippen LogP contribution < -0.4 is 5.32 Å². The monoisotopic (exact) mass is 272 g/mol. The molecule has 5 nitrogen and oxygen atoms in total. The smallest absolute Gasteiger partial charge is 0.306 e. The van der Waals surface area contributed by atoms with E-state index in [-0.39, 0.29) is 12.0 Å². The van der Waals surface area contributed by atoms with Crippen LogP contribution in [-0.4, -0.2) is 59.9 Å². The Morgan fingerprint density at radius 2 is 2.21 bits per heavy atom. The minimum Gasteiger partial charge on any atom is -0.481 e. The topological polar surface area (TPSA) is 72.8 Å². The maximum atomic E-state index is 10.5. The van der Waals surface area contributed by atoms with Crippen LogP contribution in [0.15, 0.2) is 0 Å². The number of carboxylic acid groups (broad SMARTS) is 1. The fraction of sp³-hybridized carbons (Fsp3) is 0.929. The largest absolute Gasteiger partial charge is 0.481 e. The van der Waals surface area contributed by atoms with E-state index in [1.807, 2.05) is 0 Å². The lowest BCUT2D eigenvalue weighted by Crippen LogP contribution is -2.54. The minimum absolute atomic E-state index is 0.139. The van der Waals surface area contributed by atoms with Gasteiger partial charge in [0.05, 0.1) is 12.5 Å². The number of hydrogen-bond acceptors (Lipinski definition) is 4. The van der Waals surface area contributed by atoms with E-state index in [1.165, 1.54) is 12.8 Å². The Kier molecular flexibility index (Phi) is 6.23. The van der Waals surface area contributed by atoms with Crippen molar-refractivity contribution in [3.8, 4) is 0 Å². The Labute approximate surface area is 116 Å². The van der Waals surface area contributed by atoms with Gasteiger partial charge in [-0.15, -0.1) is 0 Å². The zero-order valence-corrected chi connectivity index (χ0v) is 12.4. The molecule has 3 unspecified atom stereocenters. The maximum absolute atomic E-state index is 10.5. The highest BCUT2D eigenvalue weighted by molar-refractivity contribution is 5.67. The summed E-state index contributed by atoms with van der Waals surface area (Å²) < 4.78 is 0. The molecule has 0 aromatic rings. The van der Waals surface area contributed by atoms with Crippen LogP contribution in [0.3, 0.4) is 0 Å². The molecule has 0 radical (unpaired) electrons. The van der Waals surface area contributed by atoms with Gasteiger partial charge in [0.2, 0.25) is 0 Å². The number of carboxylic acids is 1. The van der Waals surface area contributed by atoms with Gasteiger partial charge < -0.3 is 20.4 Å². The number of rotatable bonds is 7. The van der Waals surface area contributed by atoms with E-state index in [2.05, 4.69) is 31.2 Å². The summed E-state index contributed by atoms with van der Waals surface area (Å²) in [5.74, 6) is -0.232. The highest BCUT2D eigenvalue weighted by Gasteiger charge is 2.36. The van der Waals surface area contributed by atoms with Crippen molar-refractivity contribution in [1.82, 2.24) is 10.2 Å². The molecule has 0 amide bonds. The van der Waals surface area contributed by atoms with E-state index in [9.17, 15) is 9.90 Å². The molecule has 0 heterocycles. The average Bonchev–Trinajstić information content (AvgIpc) is 2.27.